The summed E-state index contributed by atoms with van der Waals surface area (Å²) in [5.74, 6) is 1.03. The molecule has 0 fully saturated rings. The molecule has 2 rings (SSSR count). The molecule has 10 heteroatoms. The van der Waals surface area contributed by atoms with E-state index in [2.05, 4.69) is 25.5 Å². The maximum Gasteiger partial charge on any atom is 0.387 e. The Morgan fingerprint density at radius 1 is 1.27 bits per heavy atom. The zero-order valence-corrected chi connectivity index (χ0v) is 17.0. The molecule has 26 heavy (non-hydrogen) atoms. The number of hydrogen-bond donors (Lipinski definition) is 2. The predicted molar refractivity (Wildman–Crippen MR) is 105 cm³/mol. The van der Waals surface area contributed by atoms with Crippen LogP contribution in [-0.2, 0) is 20.1 Å². The molecule has 1 aromatic carbocycles. The van der Waals surface area contributed by atoms with Crippen molar-refractivity contribution in [1.82, 2.24) is 20.4 Å². The Morgan fingerprint density at radius 3 is 2.58 bits per heavy atom. The summed E-state index contributed by atoms with van der Waals surface area (Å²) in [5, 5.41) is 10.3. The summed E-state index contributed by atoms with van der Waals surface area (Å²) in [6.45, 7) is -2.12. The molecule has 0 aliphatic heterocycles. The van der Waals surface area contributed by atoms with E-state index in [4.69, 9.17) is 4.74 Å². The number of aryl methyl sites for hydroxylation is 1. The molecule has 0 unspecified atom stereocenters. The molecule has 1 heterocycles. The van der Waals surface area contributed by atoms with E-state index in [9.17, 15) is 8.78 Å². The molecule has 2 aromatic rings. The van der Waals surface area contributed by atoms with Crippen LogP contribution in [0, 0.1) is 0 Å². The van der Waals surface area contributed by atoms with Crippen molar-refractivity contribution in [3.05, 3.63) is 41.7 Å². The van der Waals surface area contributed by atoms with Crippen molar-refractivity contribution in [2.75, 3.05) is 14.2 Å². The number of aromatic nitrogens is 2. The van der Waals surface area contributed by atoms with Gasteiger partial charge in [-0.25, -0.2) is 0 Å². The molecule has 0 bridgehead atoms. The van der Waals surface area contributed by atoms with E-state index in [1.165, 1.54) is 13.2 Å². The zero-order valence-electron chi connectivity index (χ0n) is 14.7. The van der Waals surface area contributed by atoms with Crippen molar-refractivity contribution < 1.29 is 18.3 Å². The molecule has 0 aliphatic carbocycles. The predicted octanol–water partition coefficient (Wildman–Crippen LogP) is 2.51. The Kier molecular flexibility index (Phi) is 9.10. The van der Waals surface area contributed by atoms with Crippen molar-refractivity contribution in [3.8, 4) is 11.5 Å². The van der Waals surface area contributed by atoms with Crippen LogP contribution < -0.4 is 20.1 Å². The van der Waals surface area contributed by atoms with Gasteiger partial charge in [-0.2, -0.15) is 13.9 Å². The summed E-state index contributed by atoms with van der Waals surface area (Å²) in [4.78, 5) is 4.11. The summed E-state index contributed by atoms with van der Waals surface area (Å²) in [6, 6.07) is 6.66. The normalized spacial score (nSPS) is 11.1. The van der Waals surface area contributed by atoms with Crippen LogP contribution in [-0.4, -0.2) is 36.5 Å². The maximum atomic E-state index is 12.6. The number of alkyl halides is 2. The first kappa shape index (κ1) is 21.9. The molecule has 0 saturated heterocycles. The van der Waals surface area contributed by atoms with Gasteiger partial charge in [0.2, 0.25) is 0 Å². The van der Waals surface area contributed by atoms with Gasteiger partial charge < -0.3 is 20.1 Å². The minimum Gasteiger partial charge on any atom is -0.497 e. The molecular weight excluding hydrogens is 459 g/mol. The molecule has 144 valence electrons. The fourth-order valence-electron chi connectivity index (χ4n) is 2.16. The van der Waals surface area contributed by atoms with Gasteiger partial charge in [-0.15, -0.1) is 24.0 Å². The van der Waals surface area contributed by atoms with E-state index >= 15 is 0 Å². The van der Waals surface area contributed by atoms with E-state index in [0.29, 0.717) is 23.8 Å². The van der Waals surface area contributed by atoms with Crippen molar-refractivity contribution in [1.29, 1.82) is 0 Å². The fraction of sp³-hybridized carbons (Fsp3) is 0.375. The average molecular weight is 481 g/mol. The standard InChI is InChI=1S/C16H21F2N5O2.HI/c1-19-16(21-10-12-6-7-22-23(12)2)20-9-11-4-5-13(24-3)8-14(11)25-15(17)18;/h4-8,15H,9-10H2,1-3H3,(H2,19,20,21);1H. The van der Waals surface area contributed by atoms with Gasteiger partial charge in [0.25, 0.3) is 0 Å². The largest absolute Gasteiger partial charge is 0.497 e. The van der Waals surface area contributed by atoms with Crippen LogP contribution >= 0.6 is 24.0 Å². The Balaban J connectivity index is 0.00000338. The fourth-order valence-corrected chi connectivity index (χ4v) is 2.16. The highest BCUT2D eigenvalue weighted by atomic mass is 127. The quantitative estimate of drug-likeness (QED) is 0.362. The van der Waals surface area contributed by atoms with Gasteiger partial charge in [-0.05, 0) is 18.2 Å². The molecule has 1 aromatic heterocycles. The van der Waals surface area contributed by atoms with Crippen LogP contribution in [0.25, 0.3) is 0 Å². The highest BCUT2D eigenvalue weighted by molar-refractivity contribution is 14.0. The summed E-state index contributed by atoms with van der Waals surface area (Å²) in [6.07, 6.45) is 1.71. The molecule has 7 nitrogen and oxygen atoms in total. The van der Waals surface area contributed by atoms with Crippen LogP contribution in [0.3, 0.4) is 0 Å². The second kappa shape index (κ2) is 10.8. The third kappa shape index (κ3) is 6.32. The second-order valence-corrected chi connectivity index (χ2v) is 5.08. The van der Waals surface area contributed by atoms with Crippen molar-refractivity contribution in [3.63, 3.8) is 0 Å². The first-order valence-corrected chi connectivity index (χ1v) is 7.56. The van der Waals surface area contributed by atoms with Gasteiger partial charge in [0.15, 0.2) is 5.96 Å². The Hall–Kier alpha value is -2.11. The van der Waals surface area contributed by atoms with Gasteiger partial charge >= 0.3 is 6.61 Å². The molecular formula is C16H22F2IN5O2. The van der Waals surface area contributed by atoms with E-state index < -0.39 is 6.61 Å². The lowest BCUT2D eigenvalue weighted by Gasteiger charge is -2.15. The van der Waals surface area contributed by atoms with Gasteiger partial charge in [0, 0.05) is 38.5 Å². The smallest absolute Gasteiger partial charge is 0.387 e. The van der Waals surface area contributed by atoms with Crippen molar-refractivity contribution in [2.45, 2.75) is 19.7 Å². The van der Waals surface area contributed by atoms with Crippen LogP contribution in [0.1, 0.15) is 11.3 Å². The summed E-state index contributed by atoms with van der Waals surface area (Å²) in [5.41, 5.74) is 1.54. The number of nitrogens with zero attached hydrogens (tertiary/aromatic N) is 3. The van der Waals surface area contributed by atoms with Crippen LogP contribution in [0.15, 0.2) is 35.5 Å². The molecule has 0 spiro atoms. The lowest BCUT2D eigenvalue weighted by Crippen LogP contribution is -2.36. The molecule has 0 aliphatic rings. The number of methoxy groups -OCH3 is 1. The lowest BCUT2D eigenvalue weighted by atomic mass is 10.2. The molecule has 0 radical (unpaired) electrons. The number of nitrogens with one attached hydrogen (secondary N) is 2. The average Bonchev–Trinajstić information content (AvgIpc) is 3.00. The zero-order chi connectivity index (χ0) is 18.2. The Bertz CT molecular complexity index is 724. The number of ether oxygens (including phenoxy) is 2. The second-order valence-electron chi connectivity index (χ2n) is 5.08. The number of hydrogen-bond acceptors (Lipinski definition) is 4. The van der Waals surface area contributed by atoms with Crippen LogP contribution in [0.5, 0.6) is 11.5 Å². The van der Waals surface area contributed by atoms with Crippen molar-refractivity contribution >= 4 is 29.9 Å². The highest BCUT2D eigenvalue weighted by Gasteiger charge is 2.12. The number of aliphatic imine (C=N–C) groups is 1. The third-order valence-electron chi connectivity index (χ3n) is 3.52. The third-order valence-corrected chi connectivity index (χ3v) is 3.52. The van der Waals surface area contributed by atoms with Gasteiger partial charge in [-0.1, -0.05) is 0 Å². The topological polar surface area (TPSA) is 72.7 Å². The minimum atomic E-state index is -2.91. The van der Waals surface area contributed by atoms with E-state index in [1.54, 1.807) is 30.1 Å². The Morgan fingerprint density at radius 2 is 2.00 bits per heavy atom. The summed E-state index contributed by atoms with van der Waals surface area (Å²) < 4.78 is 36.5. The van der Waals surface area contributed by atoms with Crippen LogP contribution in [0.2, 0.25) is 0 Å². The summed E-state index contributed by atoms with van der Waals surface area (Å²) >= 11 is 0. The SMILES string of the molecule is CN=C(NCc1ccc(OC)cc1OC(F)F)NCc1ccnn1C.I. The maximum absolute atomic E-state index is 12.6. The molecule has 0 amide bonds. The first-order chi connectivity index (χ1) is 12.0. The number of benzene rings is 1. The lowest BCUT2D eigenvalue weighted by molar-refractivity contribution is -0.0505. The molecule has 0 saturated carbocycles. The highest BCUT2D eigenvalue weighted by Crippen LogP contribution is 2.26. The van der Waals surface area contributed by atoms with Gasteiger partial charge in [0.05, 0.1) is 19.3 Å². The number of halogens is 3. The number of rotatable bonds is 7. The molecule has 0 atom stereocenters. The van der Waals surface area contributed by atoms with E-state index in [-0.39, 0.29) is 36.3 Å². The monoisotopic (exact) mass is 481 g/mol. The Labute approximate surface area is 167 Å². The van der Waals surface area contributed by atoms with Gasteiger partial charge in [0.1, 0.15) is 11.5 Å². The van der Waals surface area contributed by atoms with Crippen molar-refractivity contribution in [2.24, 2.45) is 12.0 Å². The van der Waals surface area contributed by atoms with E-state index in [0.717, 1.165) is 5.69 Å². The van der Waals surface area contributed by atoms with Crippen LogP contribution in [0.4, 0.5) is 8.78 Å². The minimum absolute atomic E-state index is 0. The first-order valence-electron chi connectivity index (χ1n) is 7.56. The molecule has 2 N–H and O–H groups in total. The van der Waals surface area contributed by atoms with E-state index in [1.807, 2.05) is 13.1 Å². The van der Waals surface area contributed by atoms with Gasteiger partial charge in [-0.3, -0.25) is 9.67 Å². The number of guanidine groups is 1. The summed E-state index contributed by atoms with van der Waals surface area (Å²) in [7, 11) is 4.94.